The Kier molecular flexibility index (Phi) is 5.22. The molecule has 90 valence electrons. The Morgan fingerprint density at radius 3 is 2.75 bits per heavy atom. The molecule has 0 aromatic heterocycles. The first-order valence-corrected chi connectivity index (χ1v) is 5.36. The molecule has 0 radical (unpaired) electrons. The summed E-state index contributed by atoms with van der Waals surface area (Å²) in [4.78, 5) is 0. The molecule has 0 saturated carbocycles. The largest absolute Gasteiger partial charge is 0.464 e. The SMILES string of the molecule is CCOCOc1ccc(C(C)NC)cc1F. The minimum Gasteiger partial charge on any atom is -0.464 e. The summed E-state index contributed by atoms with van der Waals surface area (Å²) >= 11 is 0. The predicted octanol–water partition coefficient (Wildman–Crippen LogP) is 2.48. The van der Waals surface area contributed by atoms with Crippen LogP contribution in [0.3, 0.4) is 0 Å². The number of hydrogen-bond acceptors (Lipinski definition) is 3. The maximum absolute atomic E-state index is 13.6. The fourth-order valence-corrected chi connectivity index (χ4v) is 1.26. The molecule has 1 unspecified atom stereocenters. The second-order valence-corrected chi connectivity index (χ2v) is 3.46. The van der Waals surface area contributed by atoms with E-state index in [1.165, 1.54) is 6.07 Å². The molecule has 0 heterocycles. The Labute approximate surface area is 95.6 Å². The van der Waals surface area contributed by atoms with Crippen molar-refractivity contribution in [2.24, 2.45) is 0 Å². The van der Waals surface area contributed by atoms with Gasteiger partial charge in [-0.2, -0.15) is 0 Å². The molecule has 4 heteroatoms. The van der Waals surface area contributed by atoms with Gasteiger partial charge < -0.3 is 14.8 Å². The van der Waals surface area contributed by atoms with E-state index in [4.69, 9.17) is 9.47 Å². The Morgan fingerprint density at radius 1 is 1.44 bits per heavy atom. The van der Waals surface area contributed by atoms with Crippen molar-refractivity contribution in [1.29, 1.82) is 0 Å². The van der Waals surface area contributed by atoms with Crippen molar-refractivity contribution in [2.45, 2.75) is 19.9 Å². The van der Waals surface area contributed by atoms with Crippen LogP contribution in [0.4, 0.5) is 4.39 Å². The van der Waals surface area contributed by atoms with Crippen LogP contribution in [-0.4, -0.2) is 20.4 Å². The summed E-state index contributed by atoms with van der Waals surface area (Å²) in [5.41, 5.74) is 0.892. The van der Waals surface area contributed by atoms with Gasteiger partial charge in [0.1, 0.15) is 0 Å². The number of halogens is 1. The van der Waals surface area contributed by atoms with E-state index in [2.05, 4.69) is 5.32 Å². The average molecular weight is 227 g/mol. The molecule has 0 saturated heterocycles. The maximum Gasteiger partial charge on any atom is 0.189 e. The van der Waals surface area contributed by atoms with E-state index in [1.54, 1.807) is 6.07 Å². The van der Waals surface area contributed by atoms with E-state index >= 15 is 0 Å². The molecule has 0 fully saturated rings. The number of benzene rings is 1. The monoisotopic (exact) mass is 227 g/mol. The summed E-state index contributed by atoms with van der Waals surface area (Å²) in [6.45, 7) is 4.46. The molecule has 0 aliphatic rings. The van der Waals surface area contributed by atoms with Gasteiger partial charge in [-0.05, 0) is 38.6 Å². The van der Waals surface area contributed by atoms with Crippen molar-refractivity contribution < 1.29 is 13.9 Å². The summed E-state index contributed by atoms with van der Waals surface area (Å²) in [7, 11) is 1.84. The highest BCUT2D eigenvalue weighted by Gasteiger charge is 2.08. The first-order valence-electron chi connectivity index (χ1n) is 5.36. The zero-order chi connectivity index (χ0) is 12.0. The van der Waals surface area contributed by atoms with E-state index in [0.717, 1.165) is 5.56 Å². The van der Waals surface area contributed by atoms with Crippen molar-refractivity contribution in [2.75, 3.05) is 20.4 Å². The van der Waals surface area contributed by atoms with Crippen LogP contribution in [0.15, 0.2) is 18.2 Å². The third kappa shape index (κ3) is 3.47. The molecule has 1 atom stereocenters. The van der Waals surface area contributed by atoms with E-state index < -0.39 is 0 Å². The third-order valence-electron chi connectivity index (χ3n) is 2.39. The van der Waals surface area contributed by atoms with Gasteiger partial charge in [0.15, 0.2) is 18.4 Å². The Bertz CT molecular complexity index is 331. The van der Waals surface area contributed by atoms with Gasteiger partial charge in [-0.3, -0.25) is 0 Å². The van der Waals surface area contributed by atoms with Crippen molar-refractivity contribution in [3.8, 4) is 5.75 Å². The second-order valence-electron chi connectivity index (χ2n) is 3.46. The minimum atomic E-state index is -0.362. The fourth-order valence-electron chi connectivity index (χ4n) is 1.26. The standard InChI is InChI=1S/C12H18FNO2/c1-4-15-8-16-12-6-5-10(7-11(12)13)9(2)14-3/h5-7,9,14H,4,8H2,1-3H3. The van der Waals surface area contributed by atoms with Crippen LogP contribution in [0.2, 0.25) is 0 Å². The molecule has 0 aliphatic carbocycles. The molecule has 16 heavy (non-hydrogen) atoms. The number of nitrogens with one attached hydrogen (secondary N) is 1. The van der Waals surface area contributed by atoms with E-state index in [1.807, 2.05) is 27.0 Å². The lowest BCUT2D eigenvalue weighted by atomic mass is 10.1. The summed E-state index contributed by atoms with van der Waals surface area (Å²) in [6.07, 6.45) is 0. The molecular formula is C12H18FNO2. The molecule has 0 aliphatic heterocycles. The van der Waals surface area contributed by atoms with Crippen molar-refractivity contribution in [3.05, 3.63) is 29.6 Å². The highest BCUT2D eigenvalue weighted by atomic mass is 19.1. The minimum absolute atomic E-state index is 0.0777. The van der Waals surface area contributed by atoms with Crippen LogP contribution in [0.25, 0.3) is 0 Å². The van der Waals surface area contributed by atoms with Gasteiger partial charge in [0.2, 0.25) is 0 Å². The van der Waals surface area contributed by atoms with Gasteiger partial charge in [-0.1, -0.05) is 6.07 Å². The predicted molar refractivity (Wildman–Crippen MR) is 61.0 cm³/mol. The van der Waals surface area contributed by atoms with Crippen molar-refractivity contribution in [3.63, 3.8) is 0 Å². The van der Waals surface area contributed by atoms with Crippen LogP contribution >= 0.6 is 0 Å². The summed E-state index contributed by atoms with van der Waals surface area (Å²) in [5.74, 6) is -0.139. The molecule has 0 bridgehead atoms. The first-order chi connectivity index (χ1) is 7.69. The molecule has 1 N–H and O–H groups in total. The van der Waals surface area contributed by atoms with E-state index in [-0.39, 0.29) is 24.4 Å². The highest BCUT2D eigenvalue weighted by molar-refractivity contribution is 5.30. The summed E-state index contributed by atoms with van der Waals surface area (Å²) in [5, 5.41) is 3.05. The van der Waals surface area contributed by atoms with Crippen molar-refractivity contribution in [1.82, 2.24) is 5.32 Å². The van der Waals surface area contributed by atoms with E-state index in [9.17, 15) is 4.39 Å². The molecular weight excluding hydrogens is 209 g/mol. The summed E-state index contributed by atoms with van der Waals surface area (Å²) < 4.78 is 23.7. The molecule has 1 aromatic rings. The zero-order valence-electron chi connectivity index (χ0n) is 9.92. The quantitative estimate of drug-likeness (QED) is 0.598. The second kappa shape index (κ2) is 6.45. The van der Waals surface area contributed by atoms with E-state index in [0.29, 0.717) is 6.61 Å². The molecule has 0 spiro atoms. The molecule has 3 nitrogen and oxygen atoms in total. The fraction of sp³-hybridized carbons (Fsp3) is 0.500. The third-order valence-corrected chi connectivity index (χ3v) is 2.39. The van der Waals surface area contributed by atoms with Gasteiger partial charge in [-0.25, -0.2) is 4.39 Å². The smallest absolute Gasteiger partial charge is 0.189 e. The maximum atomic E-state index is 13.6. The van der Waals surface area contributed by atoms with Crippen molar-refractivity contribution >= 4 is 0 Å². The van der Waals surface area contributed by atoms with Crippen LogP contribution < -0.4 is 10.1 Å². The Balaban J connectivity index is 2.67. The van der Waals surface area contributed by atoms with Gasteiger partial charge in [-0.15, -0.1) is 0 Å². The topological polar surface area (TPSA) is 30.5 Å². The zero-order valence-corrected chi connectivity index (χ0v) is 9.92. The lowest BCUT2D eigenvalue weighted by Crippen LogP contribution is -2.12. The lowest BCUT2D eigenvalue weighted by Gasteiger charge is -2.12. The number of hydrogen-bond donors (Lipinski definition) is 1. The number of rotatable bonds is 6. The Morgan fingerprint density at radius 2 is 2.19 bits per heavy atom. The Hall–Kier alpha value is -1.13. The molecule has 1 rings (SSSR count). The van der Waals surface area contributed by atoms with Crippen LogP contribution in [-0.2, 0) is 4.74 Å². The molecule has 0 amide bonds. The van der Waals surface area contributed by atoms with Crippen LogP contribution in [0.1, 0.15) is 25.5 Å². The van der Waals surface area contributed by atoms with Crippen LogP contribution in [0, 0.1) is 5.82 Å². The van der Waals surface area contributed by atoms with Gasteiger partial charge in [0.05, 0.1) is 0 Å². The first kappa shape index (κ1) is 12.9. The number of ether oxygens (including phenoxy) is 2. The van der Waals surface area contributed by atoms with Gasteiger partial charge in [0, 0.05) is 12.6 Å². The average Bonchev–Trinajstić information content (AvgIpc) is 2.30. The van der Waals surface area contributed by atoms with Gasteiger partial charge >= 0.3 is 0 Å². The summed E-state index contributed by atoms with van der Waals surface area (Å²) in [6, 6.07) is 5.06. The van der Waals surface area contributed by atoms with Gasteiger partial charge in [0.25, 0.3) is 0 Å². The van der Waals surface area contributed by atoms with Crippen LogP contribution in [0.5, 0.6) is 5.75 Å². The normalized spacial score (nSPS) is 12.5. The molecule has 1 aromatic carbocycles. The highest BCUT2D eigenvalue weighted by Crippen LogP contribution is 2.21. The lowest BCUT2D eigenvalue weighted by molar-refractivity contribution is 0.0201.